The maximum atomic E-state index is 13.4. The van der Waals surface area contributed by atoms with Crippen molar-refractivity contribution in [2.45, 2.75) is 33.6 Å². The van der Waals surface area contributed by atoms with Crippen LogP contribution in [-0.4, -0.2) is 60.1 Å². The number of nitrogens with zero attached hydrogens (tertiary/aromatic N) is 2. The molecule has 2 N–H and O–H groups in total. The van der Waals surface area contributed by atoms with Crippen molar-refractivity contribution in [3.8, 4) is 0 Å². The lowest BCUT2D eigenvalue weighted by atomic mass is 9.89. The van der Waals surface area contributed by atoms with E-state index in [9.17, 15) is 19.2 Å². The monoisotopic (exact) mass is 538 g/mol. The number of halogens is 2. The van der Waals surface area contributed by atoms with Crippen LogP contribution in [0, 0.1) is 5.41 Å². The molecule has 1 fully saturated rings. The van der Waals surface area contributed by atoms with Crippen molar-refractivity contribution in [2.75, 3.05) is 37.3 Å². The highest BCUT2D eigenvalue weighted by molar-refractivity contribution is 7.18. The van der Waals surface area contributed by atoms with E-state index in [-0.39, 0.29) is 63.0 Å². The Hall–Kier alpha value is -2.62. The average molecular weight is 539 g/mol. The first-order valence-electron chi connectivity index (χ1n) is 11.1. The minimum Gasteiger partial charge on any atom is -0.344 e. The molecule has 0 atom stereocenters. The van der Waals surface area contributed by atoms with E-state index in [2.05, 4.69) is 10.6 Å². The van der Waals surface area contributed by atoms with Gasteiger partial charge in [-0.3, -0.25) is 19.7 Å². The van der Waals surface area contributed by atoms with Crippen LogP contribution in [0.2, 0.25) is 10.0 Å². The number of rotatable bonds is 5. The second-order valence-electron chi connectivity index (χ2n) is 9.55. The molecule has 0 spiro atoms. The average Bonchev–Trinajstić information content (AvgIpc) is 3.10. The van der Waals surface area contributed by atoms with Crippen molar-refractivity contribution in [3.05, 3.63) is 44.8 Å². The van der Waals surface area contributed by atoms with E-state index >= 15 is 0 Å². The highest BCUT2D eigenvalue weighted by Crippen LogP contribution is 2.34. The van der Waals surface area contributed by atoms with Gasteiger partial charge in [-0.1, -0.05) is 50.0 Å². The fourth-order valence-corrected chi connectivity index (χ4v) is 4.84. The molecule has 0 aliphatic carbocycles. The van der Waals surface area contributed by atoms with Gasteiger partial charge in [0.05, 0.1) is 26.2 Å². The Labute approximate surface area is 218 Å². The van der Waals surface area contributed by atoms with Gasteiger partial charge in [0, 0.05) is 39.5 Å². The van der Waals surface area contributed by atoms with Crippen molar-refractivity contribution < 1.29 is 19.2 Å². The number of anilines is 2. The number of ketones is 1. The summed E-state index contributed by atoms with van der Waals surface area (Å²) >= 11 is 13.2. The number of thiophene rings is 1. The van der Waals surface area contributed by atoms with Crippen LogP contribution in [0.25, 0.3) is 0 Å². The second kappa shape index (κ2) is 11.0. The van der Waals surface area contributed by atoms with Crippen molar-refractivity contribution in [1.82, 2.24) is 9.80 Å². The predicted octanol–water partition coefficient (Wildman–Crippen LogP) is 5.62. The number of likely N-dealkylation sites (N-methyl/N-ethyl adjacent to an activating group) is 1. The third-order valence-corrected chi connectivity index (χ3v) is 7.28. The van der Waals surface area contributed by atoms with E-state index in [1.54, 1.807) is 35.0 Å². The molecule has 1 saturated heterocycles. The molecule has 3 rings (SSSR count). The Bertz CT molecular complexity index is 1160. The first-order chi connectivity index (χ1) is 16.4. The maximum Gasteiger partial charge on any atom is 0.324 e. The van der Waals surface area contributed by atoms with Crippen LogP contribution in [0.3, 0.4) is 0 Å². The standard InChI is InChI=1S/C24H28Cl2N4O4S/c1-24(2,3)13-17(31)18-12-14(22(33)30-9-8-19(32)29(4)10-11-30)21(35-18)28-23(34)27-16-7-5-6-15(25)20(16)26/h5-7,12H,8-11,13H2,1-4H3,(H2,27,28,34). The predicted molar refractivity (Wildman–Crippen MR) is 140 cm³/mol. The minimum atomic E-state index is -0.634. The molecule has 2 aromatic rings. The molecule has 35 heavy (non-hydrogen) atoms. The van der Waals surface area contributed by atoms with Gasteiger partial charge in [0.2, 0.25) is 5.91 Å². The van der Waals surface area contributed by atoms with Crippen LogP contribution in [0.15, 0.2) is 24.3 Å². The number of hydrogen-bond acceptors (Lipinski definition) is 5. The molecule has 0 bridgehead atoms. The number of amides is 4. The van der Waals surface area contributed by atoms with Crippen molar-refractivity contribution in [1.29, 1.82) is 0 Å². The van der Waals surface area contributed by atoms with Gasteiger partial charge in [-0.05, 0) is 23.6 Å². The normalized spacial score (nSPS) is 14.5. The molecule has 11 heteroatoms. The Morgan fingerprint density at radius 2 is 1.80 bits per heavy atom. The zero-order chi connectivity index (χ0) is 25.9. The Morgan fingerprint density at radius 1 is 1.09 bits per heavy atom. The first-order valence-corrected chi connectivity index (χ1v) is 12.7. The van der Waals surface area contributed by atoms with Crippen LogP contribution in [0.4, 0.5) is 15.5 Å². The molecule has 1 aromatic heterocycles. The molecule has 1 aliphatic rings. The highest BCUT2D eigenvalue weighted by atomic mass is 35.5. The molecule has 1 aliphatic heterocycles. The van der Waals surface area contributed by atoms with Gasteiger partial charge in [0.15, 0.2) is 5.78 Å². The largest absolute Gasteiger partial charge is 0.344 e. The van der Waals surface area contributed by atoms with Crippen LogP contribution < -0.4 is 10.6 Å². The Balaban J connectivity index is 1.88. The lowest BCUT2D eigenvalue weighted by molar-refractivity contribution is -0.129. The molecule has 0 radical (unpaired) electrons. The van der Waals surface area contributed by atoms with Crippen molar-refractivity contribution in [3.63, 3.8) is 0 Å². The molecular formula is C24H28Cl2N4O4S. The van der Waals surface area contributed by atoms with Crippen LogP contribution in [-0.2, 0) is 4.79 Å². The molecule has 0 saturated carbocycles. The van der Waals surface area contributed by atoms with Gasteiger partial charge in [-0.2, -0.15) is 0 Å². The van der Waals surface area contributed by atoms with Gasteiger partial charge in [0.1, 0.15) is 5.00 Å². The van der Waals surface area contributed by atoms with E-state index in [0.29, 0.717) is 23.7 Å². The van der Waals surface area contributed by atoms with E-state index < -0.39 is 6.03 Å². The number of nitrogens with one attached hydrogen (secondary N) is 2. The first kappa shape index (κ1) is 27.0. The molecular weight excluding hydrogens is 511 g/mol. The number of hydrogen-bond donors (Lipinski definition) is 2. The van der Waals surface area contributed by atoms with Crippen LogP contribution in [0.1, 0.15) is 53.6 Å². The van der Waals surface area contributed by atoms with Crippen LogP contribution >= 0.6 is 34.5 Å². The summed E-state index contributed by atoms with van der Waals surface area (Å²) < 4.78 is 0. The summed E-state index contributed by atoms with van der Waals surface area (Å²) in [6, 6.07) is 5.73. The molecule has 0 unspecified atom stereocenters. The number of carbonyl (C=O) groups excluding carboxylic acids is 4. The van der Waals surface area contributed by atoms with Crippen molar-refractivity contribution >= 4 is 68.9 Å². The molecule has 2 heterocycles. The molecule has 188 valence electrons. The highest BCUT2D eigenvalue weighted by Gasteiger charge is 2.28. The summed E-state index contributed by atoms with van der Waals surface area (Å²) in [6.45, 7) is 6.88. The Morgan fingerprint density at radius 3 is 2.49 bits per heavy atom. The summed E-state index contributed by atoms with van der Waals surface area (Å²) in [5.74, 6) is -0.508. The third kappa shape index (κ3) is 6.96. The van der Waals surface area contributed by atoms with Gasteiger partial charge in [-0.25, -0.2) is 4.79 Å². The lowest BCUT2D eigenvalue weighted by Crippen LogP contribution is -2.35. The number of Topliss-reactive ketones (excluding diaryl/α,β-unsaturated/α-hetero) is 1. The third-order valence-electron chi connectivity index (χ3n) is 5.37. The summed E-state index contributed by atoms with van der Waals surface area (Å²) in [4.78, 5) is 54.7. The summed E-state index contributed by atoms with van der Waals surface area (Å²) in [7, 11) is 1.70. The summed E-state index contributed by atoms with van der Waals surface area (Å²) in [5, 5.41) is 6.02. The molecule has 4 amide bonds. The lowest BCUT2D eigenvalue weighted by Gasteiger charge is -2.20. The van der Waals surface area contributed by atoms with Crippen molar-refractivity contribution in [2.24, 2.45) is 5.41 Å². The smallest absolute Gasteiger partial charge is 0.324 e. The fraction of sp³-hybridized carbons (Fsp3) is 0.417. The van der Waals surface area contributed by atoms with E-state index in [0.717, 1.165) is 11.3 Å². The molecule has 8 nitrogen and oxygen atoms in total. The summed E-state index contributed by atoms with van der Waals surface area (Å²) in [6.07, 6.45) is 0.493. The van der Waals surface area contributed by atoms with Gasteiger partial charge >= 0.3 is 6.03 Å². The Kier molecular flexibility index (Phi) is 8.46. The maximum absolute atomic E-state index is 13.4. The fourth-order valence-electron chi connectivity index (χ4n) is 3.51. The zero-order valence-electron chi connectivity index (χ0n) is 20.0. The number of benzene rings is 1. The van der Waals surface area contributed by atoms with Crippen LogP contribution in [0.5, 0.6) is 0 Å². The minimum absolute atomic E-state index is 0.0391. The molecule has 1 aromatic carbocycles. The number of carbonyl (C=O) groups is 4. The quantitative estimate of drug-likeness (QED) is 0.482. The zero-order valence-corrected chi connectivity index (χ0v) is 22.4. The van der Waals surface area contributed by atoms with Gasteiger partial charge in [0.25, 0.3) is 5.91 Å². The topological polar surface area (TPSA) is 98.8 Å². The van der Waals surface area contributed by atoms with E-state index in [1.807, 2.05) is 20.8 Å². The number of urea groups is 1. The van der Waals surface area contributed by atoms with E-state index in [1.165, 1.54) is 6.07 Å². The van der Waals surface area contributed by atoms with Gasteiger partial charge < -0.3 is 15.1 Å². The second-order valence-corrected chi connectivity index (χ2v) is 11.4. The SMILES string of the molecule is CN1CCN(C(=O)c2cc(C(=O)CC(C)(C)C)sc2NC(=O)Nc2cccc(Cl)c2Cl)CCC1=O. The van der Waals surface area contributed by atoms with E-state index in [4.69, 9.17) is 23.2 Å². The van der Waals surface area contributed by atoms with Gasteiger partial charge in [-0.15, -0.1) is 11.3 Å². The summed E-state index contributed by atoms with van der Waals surface area (Å²) in [5.41, 5.74) is 0.269.